The second-order valence-electron chi connectivity index (χ2n) is 9.10. The summed E-state index contributed by atoms with van der Waals surface area (Å²) >= 11 is 0. The zero-order valence-corrected chi connectivity index (χ0v) is 20.9. The normalized spacial score (nSPS) is 13.6. The fourth-order valence-electron chi connectivity index (χ4n) is 4.75. The monoisotopic (exact) mass is 510 g/mol. The van der Waals surface area contributed by atoms with Gasteiger partial charge in [0.15, 0.2) is 0 Å². The molecule has 0 radical (unpaired) electrons. The van der Waals surface area contributed by atoms with E-state index in [1.165, 1.54) is 16.3 Å². The highest BCUT2D eigenvalue weighted by molar-refractivity contribution is 6.27. The van der Waals surface area contributed by atoms with Gasteiger partial charge in [-0.3, -0.25) is 9.69 Å². The largest absolute Gasteiger partial charge is 0.473 e. The van der Waals surface area contributed by atoms with Gasteiger partial charge in [-0.05, 0) is 27.5 Å². The highest BCUT2D eigenvalue weighted by Gasteiger charge is 2.29. The molecule has 1 saturated heterocycles. The third kappa shape index (κ3) is 6.63. The van der Waals surface area contributed by atoms with Crippen molar-refractivity contribution in [1.29, 1.82) is 0 Å². The van der Waals surface area contributed by atoms with Crippen LogP contribution in [0.5, 0.6) is 0 Å². The van der Waals surface area contributed by atoms with Crippen LogP contribution in [-0.2, 0) is 20.9 Å². The van der Waals surface area contributed by atoms with Crippen molar-refractivity contribution in [2.45, 2.75) is 12.5 Å². The lowest BCUT2D eigenvalue weighted by Crippen LogP contribution is -2.49. The summed E-state index contributed by atoms with van der Waals surface area (Å²) in [4.78, 5) is 36.4. The van der Waals surface area contributed by atoms with Crippen LogP contribution in [0.4, 0.5) is 0 Å². The third-order valence-electron chi connectivity index (χ3n) is 6.65. The van der Waals surface area contributed by atoms with Gasteiger partial charge in [-0.2, -0.15) is 0 Å². The van der Waals surface area contributed by atoms with Crippen molar-refractivity contribution >= 4 is 28.6 Å². The minimum Gasteiger partial charge on any atom is -0.473 e. The number of carbonyl (C=O) groups excluding carboxylic acids is 1. The van der Waals surface area contributed by atoms with Gasteiger partial charge in [-0.25, -0.2) is 9.59 Å². The fraction of sp³-hybridized carbons (Fsp3) is 0.194. The number of carbonyl (C=O) groups is 3. The number of hydrogen-bond acceptors (Lipinski definition) is 4. The summed E-state index contributed by atoms with van der Waals surface area (Å²) < 4.78 is 0. The van der Waals surface area contributed by atoms with Gasteiger partial charge in [0.25, 0.3) is 0 Å². The van der Waals surface area contributed by atoms with E-state index in [9.17, 15) is 4.79 Å². The number of benzene rings is 4. The molecule has 4 aromatic rings. The topological polar surface area (TPSA) is 98.2 Å². The van der Waals surface area contributed by atoms with E-state index in [-0.39, 0.29) is 11.8 Å². The Bertz CT molecular complexity index is 1330. The molecule has 0 bridgehead atoms. The minimum absolute atomic E-state index is 0.201. The van der Waals surface area contributed by atoms with E-state index in [0.717, 1.165) is 43.9 Å². The van der Waals surface area contributed by atoms with E-state index < -0.39 is 11.9 Å². The van der Waals surface area contributed by atoms with Crippen LogP contribution in [0.1, 0.15) is 22.6 Å². The molecular weight excluding hydrogens is 480 g/mol. The van der Waals surface area contributed by atoms with Crippen LogP contribution in [-0.4, -0.2) is 64.0 Å². The van der Waals surface area contributed by atoms with Gasteiger partial charge in [0.1, 0.15) is 0 Å². The summed E-state index contributed by atoms with van der Waals surface area (Å²) in [5.74, 6) is -3.70. The van der Waals surface area contributed by atoms with Gasteiger partial charge in [0.2, 0.25) is 5.91 Å². The van der Waals surface area contributed by atoms with Gasteiger partial charge >= 0.3 is 11.9 Å². The van der Waals surface area contributed by atoms with Crippen LogP contribution >= 0.6 is 0 Å². The smallest absolute Gasteiger partial charge is 0.414 e. The van der Waals surface area contributed by atoms with E-state index in [0.29, 0.717) is 0 Å². The zero-order valence-electron chi connectivity index (χ0n) is 20.9. The van der Waals surface area contributed by atoms with E-state index >= 15 is 0 Å². The van der Waals surface area contributed by atoms with Crippen molar-refractivity contribution < 1.29 is 24.6 Å². The van der Waals surface area contributed by atoms with Crippen molar-refractivity contribution in [1.82, 2.24) is 9.80 Å². The van der Waals surface area contributed by atoms with Crippen molar-refractivity contribution in [2.24, 2.45) is 0 Å². The molecule has 38 heavy (non-hydrogen) atoms. The molecule has 0 unspecified atom stereocenters. The Balaban J connectivity index is 0.000000505. The van der Waals surface area contributed by atoms with E-state index in [4.69, 9.17) is 19.8 Å². The van der Waals surface area contributed by atoms with Crippen molar-refractivity contribution in [3.63, 3.8) is 0 Å². The molecule has 0 saturated carbocycles. The Morgan fingerprint density at radius 2 is 1.13 bits per heavy atom. The Morgan fingerprint density at radius 3 is 1.68 bits per heavy atom. The molecule has 0 aliphatic carbocycles. The number of nitrogens with zero attached hydrogens (tertiary/aromatic N) is 2. The lowest BCUT2D eigenvalue weighted by molar-refractivity contribution is -0.159. The number of aliphatic carboxylic acids is 2. The number of fused-ring (bicyclic) bond motifs is 1. The Kier molecular flexibility index (Phi) is 8.85. The Labute approximate surface area is 221 Å². The number of rotatable bonds is 5. The minimum atomic E-state index is -1.82. The molecule has 1 amide bonds. The lowest BCUT2D eigenvalue weighted by Gasteiger charge is -2.37. The summed E-state index contributed by atoms with van der Waals surface area (Å²) in [6, 6.07) is 35.4. The first-order chi connectivity index (χ1) is 18.4. The molecule has 0 atom stereocenters. The average molecular weight is 511 g/mol. The van der Waals surface area contributed by atoms with Crippen molar-refractivity contribution in [3.8, 4) is 0 Å². The quantitative estimate of drug-likeness (QED) is 0.385. The van der Waals surface area contributed by atoms with E-state index in [1.54, 1.807) is 0 Å². The SMILES string of the molecule is O=C(C(c1ccccc1)c1ccccc1)N1CCN(Cc2cccc3ccccc23)CC1.O=C(O)C(=O)O. The van der Waals surface area contributed by atoms with E-state index in [1.807, 2.05) is 41.3 Å². The number of piperazine rings is 1. The van der Waals surface area contributed by atoms with Crippen LogP contribution in [0.25, 0.3) is 10.8 Å². The fourth-order valence-corrected chi connectivity index (χ4v) is 4.75. The standard InChI is InChI=1S/C29H28N2O.C2H2O4/c32-29(28(24-11-3-1-4-12-24)25-13-5-2-6-14-25)31-20-18-30(19-21-31)22-26-16-9-15-23-10-7-8-17-27(23)26;3-1(4)2(5)6/h1-17,28H,18-22H2;(H,3,4)(H,5,6). The van der Waals surface area contributed by atoms with Crippen LogP contribution in [0.2, 0.25) is 0 Å². The summed E-state index contributed by atoms with van der Waals surface area (Å²) in [5.41, 5.74) is 3.47. The molecule has 1 aliphatic heterocycles. The first kappa shape index (κ1) is 26.6. The molecule has 7 heteroatoms. The maximum Gasteiger partial charge on any atom is 0.414 e. The molecular formula is C31H30N2O5. The van der Waals surface area contributed by atoms with Gasteiger partial charge in [-0.15, -0.1) is 0 Å². The molecule has 7 nitrogen and oxygen atoms in total. The molecule has 4 aromatic carbocycles. The van der Waals surface area contributed by atoms with Crippen LogP contribution in [0.3, 0.4) is 0 Å². The molecule has 0 spiro atoms. The maximum absolute atomic E-state index is 13.6. The lowest BCUT2D eigenvalue weighted by atomic mass is 9.90. The van der Waals surface area contributed by atoms with Crippen LogP contribution < -0.4 is 0 Å². The van der Waals surface area contributed by atoms with Crippen molar-refractivity contribution in [2.75, 3.05) is 26.2 Å². The third-order valence-corrected chi connectivity index (χ3v) is 6.65. The zero-order chi connectivity index (χ0) is 26.9. The van der Waals surface area contributed by atoms with Gasteiger partial charge in [-0.1, -0.05) is 103 Å². The molecule has 1 heterocycles. The number of hydrogen-bond donors (Lipinski definition) is 2. The highest BCUT2D eigenvalue weighted by atomic mass is 16.4. The van der Waals surface area contributed by atoms with Gasteiger partial charge in [0.05, 0.1) is 5.92 Å². The van der Waals surface area contributed by atoms with Crippen LogP contribution in [0.15, 0.2) is 103 Å². The predicted octanol–water partition coefficient (Wildman–Crippen LogP) is 4.47. The summed E-state index contributed by atoms with van der Waals surface area (Å²) in [6.45, 7) is 4.24. The highest BCUT2D eigenvalue weighted by Crippen LogP contribution is 2.28. The van der Waals surface area contributed by atoms with Gasteiger partial charge < -0.3 is 15.1 Å². The number of carboxylic acids is 2. The summed E-state index contributed by atoms with van der Waals surface area (Å²) in [5, 5.41) is 17.4. The molecule has 0 aromatic heterocycles. The number of amides is 1. The molecule has 194 valence electrons. The second-order valence-corrected chi connectivity index (χ2v) is 9.10. The second kappa shape index (κ2) is 12.7. The predicted molar refractivity (Wildman–Crippen MR) is 146 cm³/mol. The number of carboxylic acid groups (broad SMARTS) is 2. The summed E-state index contributed by atoms with van der Waals surface area (Å²) in [7, 11) is 0. The van der Waals surface area contributed by atoms with Crippen molar-refractivity contribution in [3.05, 3.63) is 120 Å². The first-order valence-electron chi connectivity index (χ1n) is 12.5. The maximum atomic E-state index is 13.6. The molecule has 2 N–H and O–H groups in total. The van der Waals surface area contributed by atoms with E-state index in [2.05, 4.69) is 71.6 Å². The van der Waals surface area contributed by atoms with Crippen LogP contribution in [0, 0.1) is 0 Å². The average Bonchev–Trinajstić information content (AvgIpc) is 2.95. The summed E-state index contributed by atoms with van der Waals surface area (Å²) in [6.07, 6.45) is 0. The Hall–Kier alpha value is -4.49. The molecule has 1 aliphatic rings. The first-order valence-corrected chi connectivity index (χ1v) is 12.5. The molecule has 1 fully saturated rings. The Morgan fingerprint density at radius 1 is 0.632 bits per heavy atom. The van der Waals surface area contributed by atoms with Gasteiger partial charge in [0, 0.05) is 32.7 Å². The molecule has 5 rings (SSSR count).